The summed E-state index contributed by atoms with van der Waals surface area (Å²) in [6, 6.07) is 5.21. The average Bonchev–Trinajstić information content (AvgIpc) is 2.34. The molecule has 1 N–H and O–H groups in total. The Morgan fingerprint density at radius 3 is 2.61 bits per heavy atom. The zero-order valence-corrected chi connectivity index (χ0v) is 11.8. The predicted octanol–water partition coefficient (Wildman–Crippen LogP) is 3.92. The zero-order chi connectivity index (χ0) is 13.5. The first-order valence-electron chi connectivity index (χ1n) is 6.70. The van der Waals surface area contributed by atoms with Crippen molar-refractivity contribution < 1.29 is 9.13 Å². The summed E-state index contributed by atoms with van der Waals surface area (Å²) >= 11 is 0. The van der Waals surface area contributed by atoms with Gasteiger partial charge in [-0.1, -0.05) is 32.9 Å². The number of para-hydroxylation sites is 1. The topological polar surface area (TPSA) is 21.3 Å². The molecule has 0 aliphatic rings. The molecule has 102 valence electrons. The molecule has 0 aromatic heterocycles. The lowest BCUT2D eigenvalue weighted by Gasteiger charge is -2.19. The van der Waals surface area contributed by atoms with Gasteiger partial charge in [0, 0.05) is 11.6 Å². The summed E-state index contributed by atoms with van der Waals surface area (Å²) in [5.41, 5.74) is 0.893. The Labute approximate surface area is 110 Å². The van der Waals surface area contributed by atoms with E-state index in [-0.39, 0.29) is 11.9 Å². The molecular formula is C15H24FNO. The van der Waals surface area contributed by atoms with E-state index in [9.17, 15) is 4.39 Å². The van der Waals surface area contributed by atoms with Gasteiger partial charge < -0.3 is 10.1 Å². The van der Waals surface area contributed by atoms with Crippen molar-refractivity contribution in [3.8, 4) is 5.75 Å². The Bertz CT molecular complexity index is 366. The van der Waals surface area contributed by atoms with Gasteiger partial charge in [0.15, 0.2) is 11.6 Å². The molecule has 1 atom stereocenters. The van der Waals surface area contributed by atoms with Gasteiger partial charge in [0.25, 0.3) is 0 Å². The van der Waals surface area contributed by atoms with Crippen LogP contribution >= 0.6 is 0 Å². The fraction of sp³-hybridized carbons (Fsp3) is 0.600. The second kappa shape index (κ2) is 7.37. The Morgan fingerprint density at radius 2 is 2.00 bits per heavy atom. The van der Waals surface area contributed by atoms with Crippen molar-refractivity contribution in [3.05, 3.63) is 29.6 Å². The zero-order valence-electron chi connectivity index (χ0n) is 11.8. The molecule has 0 saturated heterocycles. The third-order valence-electron chi connectivity index (χ3n) is 2.73. The van der Waals surface area contributed by atoms with E-state index in [1.165, 1.54) is 6.07 Å². The van der Waals surface area contributed by atoms with E-state index in [1.807, 2.05) is 13.0 Å². The van der Waals surface area contributed by atoms with E-state index in [1.54, 1.807) is 6.07 Å². The van der Waals surface area contributed by atoms with Crippen molar-refractivity contribution >= 4 is 0 Å². The predicted molar refractivity (Wildman–Crippen MR) is 73.4 cm³/mol. The third kappa shape index (κ3) is 4.30. The maximum absolute atomic E-state index is 13.8. The molecule has 0 heterocycles. The molecule has 18 heavy (non-hydrogen) atoms. The summed E-state index contributed by atoms with van der Waals surface area (Å²) in [4.78, 5) is 0. The summed E-state index contributed by atoms with van der Waals surface area (Å²) in [6.45, 7) is 9.71. The normalized spacial score (nSPS) is 12.8. The molecule has 0 aliphatic heterocycles. The van der Waals surface area contributed by atoms with Gasteiger partial charge in [-0.15, -0.1) is 0 Å². The first-order valence-corrected chi connectivity index (χ1v) is 6.70. The van der Waals surface area contributed by atoms with Crippen LogP contribution in [0, 0.1) is 11.7 Å². The molecule has 3 heteroatoms. The molecule has 0 radical (unpaired) electrons. The van der Waals surface area contributed by atoms with E-state index in [0.717, 1.165) is 18.5 Å². The molecule has 0 amide bonds. The van der Waals surface area contributed by atoms with Crippen LogP contribution in [-0.4, -0.2) is 13.2 Å². The summed E-state index contributed by atoms with van der Waals surface area (Å²) < 4.78 is 19.4. The van der Waals surface area contributed by atoms with Crippen molar-refractivity contribution in [2.24, 2.45) is 5.92 Å². The monoisotopic (exact) mass is 253 g/mol. The number of benzene rings is 1. The first kappa shape index (κ1) is 15.0. The van der Waals surface area contributed by atoms with Crippen molar-refractivity contribution in [3.63, 3.8) is 0 Å². The third-order valence-corrected chi connectivity index (χ3v) is 2.73. The number of hydrogen-bond donors (Lipinski definition) is 1. The fourth-order valence-corrected chi connectivity index (χ4v) is 1.74. The van der Waals surface area contributed by atoms with Gasteiger partial charge in [0.05, 0.1) is 6.61 Å². The molecule has 1 unspecified atom stereocenters. The molecule has 0 aliphatic carbocycles. The highest BCUT2D eigenvalue weighted by atomic mass is 19.1. The summed E-state index contributed by atoms with van der Waals surface area (Å²) in [7, 11) is 0. The van der Waals surface area contributed by atoms with Crippen LogP contribution < -0.4 is 10.1 Å². The minimum atomic E-state index is -0.279. The maximum atomic E-state index is 13.8. The highest BCUT2D eigenvalue weighted by molar-refractivity contribution is 5.37. The summed E-state index contributed by atoms with van der Waals surface area (Å²) in [5, 5.41) is 3.36. The molecular weight excluding hydrogens is 229 g/mol. The average molecular weight is 253 g/mol. The molecule has 0 fully saturated rings. The lowest BCUT2D eigenvalue weighted by atomic mass is 10.1. The van der Waals surface area contributed by atoms with Crippen molar-refractivity contribution in [2.45, 2.75) is 40.2 Å². The molecule has 1 aromatic rings. The lowest BCUT2D eigenvalue weighted by molar-refractivity contribution is 0.254. The van der Waals surface area contributed by atoms with Gasteiger partial charge in [-0.25, -0.2) is 4.39 Å². The van der Waals surface area contributed by atoms with Crippen LogP contribution in [0.4, 0.5) is 4.39 Å². The Kier molecular flexibility index (Phi) is 6.13. The van der Waals surface area contributed by atoms with E-state index in [2.05, 4.69) is 26.1 Å². The second-order valence-electron chi connectivity index (χ2n) is 5.04. The molecule has 0 saturated carbocycles. The highest BCUT2D eigenvalue weighted by Gasteiger charge is 2.15. The summed E-state index contributed by atoms with van der Waals surface area (Å²) in [6.07, 6.45) is 1.06. The molecule has 1 aromatic carbocycles. The molecule has 1 rings (SSSR count). The van der Waals surface area contributed by atoms with Crippen molar-refractivity contribution in [1.82, 2.24) is 5.32 Å². The number of halogens is 1. The number of rotatable bonds is 7. The number of hydrogen-bond acceptors (Lipinski definition) is 2. The van der Waals surface area contributed by atoms with Crippen LogP contribution in [0.3, 0.4) is 0 Å². The second-order valence-corrected chi connectivity index (χ2v) is 5.04. The van der Waals surface area contributed by atoms with Crippen LogP contribution in [0.1, 0.15) is 45.7 Å². The Hall–Kier alpha value is -1.09. The SMILES string of the molecule is CCCNC(C)c1cccc(F)c1OCC(C)C. The van der Waals surface area contributed by atoms with Crippen molar-refractivity contribution in [2.75, 3.05) is 13.2 Å². The van der Waals surface area contributed by atoms with Gasteiger partial charge >= 0.3 is 0 Å². The fourth-order valence-electron chi connectivity index (χ4n) is 1.74. The van der Waals surface area contributed by atoms with E-state index >= 15 is 0 Å². The largest absolute Gasteiger partial charge is 0.490 e. The Morgan fingerprint density at radius 1 is 1.28 bits per heavy atom. The molecule has 2 nitrogen and oxygen atoms in total. The standard InChI is InChI=1S/C15H24FNO/c1-5-9-17-12(4)13-7-6-8-14(16)15(13)18-10-11(2)3/h6-8,11-12,17H,5,9-10H2,1-4H3. The van der Waals surface area contributed by atoms with Crippen LogP contribution in [0.5, 0.6) is 5.75 Å². The van der Waals surface area contributed by atoms with Gasteiger partial charge in [0.2, 0.25) is 0 Å². The van der Waals surface area contributed by atoms with E-state index in [0.29, 0.717) is 18.3 Å². The van der Waals surface area contributed by atoms with Gasteiger partial charge in [0.1, 0.15) is 0 Å². The number of ether oxygens (including phenoxy) is 1. The molecule has 0 bridgehead atoms. The lowest BCUT2D eigenvalue weighted by Crippen LogP contribution is -2.20. The van der Waals surface area contributed by atoms with Crippen molar-refractivity contribution in [1.29, 1.82) is 0 Å². The maximum Gasteiger partial charge on any atom is 0.165 e. The van der Waals surface area contributed by atoms with Gasteiger partial charge in [-0.3, -0.25) is 0 Å². The smallest absolute Gasteiger partial charge is 0.165 e. The minimum Gasteiger partial charge on any atom is -0.490 e. The van der Waals surface area contributed by atoms with Crippen LogP contribution in [-0.2, 0) is 0 Å². The quantitative estimate of drug-likeness (QED) is 0.795. The van der Waals surface area contributed by atoms with E-state index < -0.39 is 0 Å². The van der Waals surface area contributed by atoms with Crippen LogP contribution in [0.15, 0.2) is 18.2 Å². The van der Waals surface area contributed by atoms with Gasteiger partial charge in [-0.05, 0) is 31.9 Å². The van der Waals surface area contributed by atoms with Crippen LogP contribution in [0.2, 0.25) is 0 Å². The number of nitrogens with one attached hydrogen (secondary N) is 1. The molecule has 0 spiro atoms. The summed E-state index contributed by atoms with van der Waals surface area (Å²) in [5.74, 6) is 0.497. The van der Waals surface area contributed by atoms with Gasteiger partial charge in [-0.2, -0.15) is 0 Å². The van der Waals surface area contributed by atoms with E-state index in [4.69, 9.17) is 4.74 Å². The highest BCUT2D eigenvalue weighted by Crippen LogP contribution is 2.28. The Balaban J connectivity index is 2.85. The van der Waals surface area contributed by atoms with Crippen LogP contribution in [0.25, 0.3) is 0 Å². The first-order chi connectivity index (χ1) is 8.56. The minimum absolute atomic E-state index is 0.0998.